The Morgan fingerprint density at radius 1 is 1.24 bits per heavy atom. The van der Waals surface area contributed by atoms with Crippen molar-refractivity contribution in [2.75, 3.05) is 0 Å². The summed E-state index contributed by atoms with van der Waals surface area (Å²) >= 11 is 0. The normalized spacial score (nSPS) is 13.2. The zero-order valence-electron chi connectivity index (χ0n) is 16.8. The molecular formula is C22H25N3O4. The zero-order chi connectivity index (χ0) is 20.7. The lowest BCUT2D eigenvalue weighted by atomic mass is 9.99. The smallest absolute Gasteiger partial charge is 0.449 e. The van der Waals surface area contributed by atoms with E-state index in [2.05, 4.69) is 58.7 Å². The van der Waals surface area contributed by atoms with Crippen LogP contribution < -0.4 is 15.6 Å². The van der Waals surface area contributed by atoms with Gasteiger partial charge in [0, 0.05) is 41.8 Å². The van der Waals surface area contributed by atoms with Crippen LogP contribution in [0.2, 0.25) is 0 Å². The lowest BCUT2D eigenvalue weighted by molar-refractivity contribution is 0.143. The molecule has 2 aromatic heterocycles. The zero-order valence-corrected chi connectivity index (χ0v) is 16.8. The van der Waals surface area contributed by atoms with Crippen LogP contribution in [-0.2, 0) is 26.4 Å². The van der Waals surface area contributed by atoms with Crippen molar-refractivity contribution >= 4 is 17.1 Å². The molecule has 7 heteroatoms. The molecule has 152 valence electrons. The monoisotopic (exact) mass is 395 g/mol. The van der Waals surface area contributed by atoms with E-state index in [9.17, 15) is 9.59 Å². The van der Waals surface area contributed by atoms with Gasteiger partial charge in [-0.15, -0.1) is 0 Å². The Balaban J connectivity index is 1.83. The van der Waals surface area contributed by atoms with Crippen LogP contribution in [0.25, 0.3) is 22.2 Å². The molecule has 3 N–H and O–H groups in total. The van der Waals surface area contributed by atoms with Gasteiger partial charge in [-0.2, -0.15) is 0 Å². The molecule has 0 bridgehead atoms. The maximum absolute atomic E-state index is 12.4. The largest absolute Gasteiger partial charge is 0.511 e. The fourth-order valence-electron chi connectivity index (χ4n) is 4.03. The van der Waals surface area contributed by atoms with E-state index >= 15 is 0 Å². The van der Waals surface area contributed by atoms with E-state index in [-0.39, 0.29) is 5.75 Å². The van der Waals surface area contributed by atoms with Crippen molar-refractivity contribution in [3.8, 4) is 17.0 Å². The second-order valence-electron chi connectivity index (χ2n) is 7.88. The summed E-state index contributed by atoms with van der Waals surface area (Å²) < 4.78 is 6.85. The van der Waals surface area contributed by atoms with Crippen molar-refractivity contribution in [2.45, 2.75) is 45.7 Å². The molecule has 0 amide bonds. The average Bonchev–Trinajstić information content (AvgIpc) is 2.85. The van der Waals surface area contributed by atoms with Crippen LogP contribution in [0.1, 0.15) is 37.1 Å². The van der Waals surface area contributed by atoms with E-state index in [1.54, 1.807) is 6.07 Å². The standard InChI is InChI=1S/C22H25N3O4/c1-12(2)23-11-16-7-15-8-17-13(9-18(15)25(16)3)5-4-6-14-10-19(29-22(27)28)21(26)24-20(14)17/h7-10,12,23H,4-6,11H2,1-3H3,(H,24,26)(H,27,28). The van der Waals surface area contributed by atoms with E-state index < -0.39 is 11.7 Å². The first-order valence-corrected chi connectivity index (χ1v) is 9.85. The molecule has 1 aliphatic rings. The molecule has 1 aliphatic carbocycles. The number of H-pyrrole nitrogens is 1. The second-order valence-corrected chi connectivity index (χ2v) is 7.88. The third-order valence-electron chi connectivity index (χ3n) is 5.51. The Morgan fingerprint density at radius 3 is 2.72 bits per heavy atom. The van der Waals surface area contributed by atoms with Crippen LogP contribution >= 0.6 is 0 Å². The number of aryl methyl sites for hydroxylation is 3. The van der Waals surface area contributed by atoms with Gasteiger partial charge < -0.3 is 24.7 Å². The van der Waals surface area contributed by atoms with Gasteiger partial charge in [-0.3, -0.25) is 4.79 Å². The molecule has 0 saturated heterocycles. The highest BCUT2D eigenvalue weighted by molar-refractivity contribution is 5.88. The van der Waals surface area contributed by atoms with Crippen molar-refractivity contribution in [2.24, 2.45) is 7.05 Å². The van der Waals surface area contributed by atoms with Gasteiger partial charge in [-0.05, 0) is 54.7 Å². The summed E-state index contributed by atoms with van der Waals surface area (Å²) in [7, 11) is 2.08. The predicted octanol–water partition coefficient (Wildman–Crippen LogP) is 3.58. The molecule has 1 aromatic carbocycles. The minimum absolute atomic E-state index is 0.178. The number of hydrogen-bond acceptors (Lipinski definition) is 4. The SMILES string of the molecule is CC(C)NCc1cc2cc3c(cc2n1C)CCCc1cc(OC(=O)O)c(=O)[nH]c1-3. The van der Waals surface area contributed by atoms with Crippen molar-refractivity contribution in [1.29, 1.82) is 0 Å². The van der Waals surface area contributed by atoms with E-state index in [1.165, 1.54) is 16.8 Å². The number of nitrogens with zero attached hydrogens (tertiary/aromatic N) is 1. The maximum Gasteiger partial charge on any atom is 0.511 e. The minimum Gasteiger partial charge on any atom is -0.449 e. The van der Waals surface area contributed by atoms with Gasteiger partial charge >= 0.3 is 6.16 Å². The third-order valence-corrected chi connectivity index (χ3v) is 5.51. The van der Waals surface area contributed by atoms with Gasteiger partial charge in [0.05, 0.1) is 5.69 Å². The van der Waals surface area contributed by atoms with Gasteiger partial charge in [-0.1, -0.05) is 13.8 Å². The molecule has 2 heterocycles. The fourth-order valence-corrected chi connectivity index (χ4v) is 4.03. The predicted molar refractivity (Wildman–Crippen MR) is 112 cm³/mol. The first-order chi connectivity index (χ1) is 13.8. The van der Waals surface area contributed by atoms with Crippen LogP contribution in [0.5, 0.6) is 5.75 Å². The fraction of sp³-hybridized carbons (Fsp3) is 0.364. The number of rotatable bonds is 4. The summed E-state index contributed by atoms with van der Waals surface area (Å²) in [6.45, 7) is 5.04. The quantitative estimate of drug-likeness (QED) is 0.587. The van der Waals surface area contributed by atoms with Crippen LogP contribution in [0.4, 0.5) is 4.79 Å². The molecule has 0 unspecified atom stereocenters. The van der Waals surface area contributed by atoms with E-state index in [0.717, 1.165) is 48.0 Å². The number of benzene rings is 1. The number of pyridine rings is 1. The number of hydrogen-bond donors (Lipinski definition) is 3. The Labute approximate surface area is 168 Å². The van der Waals surface area contributed by atoms with Crippen LogP contribution in [0.15, 0.2) is 29.1 Å². The Bertz CT molecular complexity index is 1160. The molecule has 0 spiro atoms. The van der Waals surface area contributed by atoms with Crippen LogP contribution in [0, 0.1) is 0 Å². The number of aromatic nitrogens is 2. The average molecular weight is 395 g/mol. The highest BCUT2D eigenvalue weighted by atomic mass is 16.7. The number of carboxylic acid groups (broad SMARTS) is 1. The molecule has 0 aliphatic heterocycles. The van der Waals surface area contributed by atoms with Crippen LogP contribution in [-0.4, -0.2) is 26.9 Å². The minimum atomic E-state index is -1.49. The molecule has 29 heavy (non-hydrogen) atoms. The van der Waals surface area contributed by atoms with Gasteiger partial charge in [0.15, 0.2) is 5.75 Å². The maximum atomic E-state index is 12.4. The van der Waals surface area contributed by atoms with Crippen molar-refractivity contribution in [3.05, 3.63) is 51.4 Å². The summed E-state index contributed by atoms with van der Waals surface area (Å²) in [6.07, 6.45) is 1.06. The number of carbonyl (C=O) groups is 1. The number of ether oxygens (including phenoxy) is 1. The molecule has 0 saturated carbocycles. The molecule has 7 nitrogen and oxygen atoms in total. The van der Waals surface area contributed by atoms with Gasteiger partial charge in [-0.25, -0.2) is 4.79 Å². The summed E-state index contributed by atoms with van der Waals surface area (Å²) in [5.74, 6) is -0.178. The van der Waals surface area contributed by atoms with Gasteiger partial charge in [0.1, 0.15) is 0 Å². The second kappa shape index (κ2) is 7.40. The Morgan fingerprint density at radius 2 is 2.00 bits per heavy atom. The molecule has 4 rings (SSSR count). The third kappa shape index (κ3) is 3.65. The lowest BCUT2D eigenvalue weighted by Crippen LogP contribution is -2.22. The Kier molecular flexibility index (Phi) is 4.92. The number of aromatic amines is 1. The van der Waals surface area contributed by atoms with Crippen molar-refractivity contribution in [1.82, 2.24) is 14.9 Å². The van der Waals surface area contributed by atoms with Gasteiger partial charge in [0.2, 0.25) is 0 Å². The molecule has 3 aromatic rings. The first kappa shape index (κ1) is 19.3. The van der Waals surface area contributed by atoms with Crippen molar-refractivity contribution < 1.29 is 14.6 Å². The topological polar surface area (TPSA) is 96.3 Å². The van der Waals surface area contributed by atoms with E-state index in [4.69, 9.17) is 5.11 Å². The molecular weight excluding hydrogens is 370 g/mol. The van der Waals surface area contributed by atoms with Crippen LogP contribution in [0.3, 0.4) is 0 Å². The number of nitrogens with one attached hydrogen (secondary N) is 2. The summed E-state index contributed by atoms with van der Waals surface area (Å²) in [5, 5.41) is 13.4. The number of fused-ring (bicyclic) bond motifs is 4. The first-order valence-electron chi connectivity index (χ1n) is 9.85. The molecule has 0 fully saturated rings. The van der Waals surface area contributed by atoms with Crippen molar-refractivity contribution in [3.63, 3.8) is 0 Å². The summed E-state index contributed by atoms with van der Waals surface area (Å²) in [5.41, 5.74) is 5.67. The summed E-state index contributed by atoms with van der Waals surface area (Å²) in [4.78, 5) is 26.1. The Hall–Kier alpha value is -3.06. The van der Waals surface area contributed by atoms with Gasteiger partial charge in [0.25, 0.3) is 5.56 Å². The van der Waals surface area contributed by atoms with E-state index in [0.29, 0.717) is 6.04 Å². The summed E-state index contributed by atoms with van der Waals surface area (Å²) in [6, 6.07) is 8.48. The highest BCUT2D eigenvalue weighted by Crippen LogP contribution is 2.35. The van der Waals surface area contributed by atoms with E-state index in [1.807, 2.05) is 0 Å². The molecule has 0 radical (unpaired) electrons. The highest BCUT2D eigenvalue weighted by Gasteiger charge is 2.20. The lowest BCUT2D eigenvalue weighted by Gasteiger charge is -2.12. The molecule has 0 atom stereocenters.